The summed E-state index contributed by atoms with van der Waals surface area (Å²) in [6.45, 7) is 4.34. The molecule has 0 aliphatic heterocycles. The maximum atomic E-state index is 11.5. The highest BCUT2D eigenvalue weighted by atomic mass is 16.4. The number of aromatic nitrogens is 1. The second-order valence-corrected chi connectivity index (χ2v) is 5.92. The van der Waals surface area contributed by atoms with E-state index in [0.717, 1.165) is 62.6 Å². The van der Waals surface area contributed by atoms with Crippen LogP contribution in [0.5, 0.6) is 0 Å². The Morgan fingerprint density at radius 3 is 2.81 bits per heavy atom. The largest absolute Gasteiger partial charge is 0.478 e. The molecular weight excluding hydrogens is 264 g/mol. The van der Waals surface area contributed by atoms with Crippen molar-refractivity contribution in [2.45, 2.75) is 71.3 Å². The van der Waals surface area contributed by atoms with E-state index in [0.29, 0.717) is 17.4 Å². The first kappa shape index (κ1) is 15.8. The molecule has 1 aliphatic carbocycles. The number of hydrogen-bond donors (Lipinski definition) is 2. The lowest BCUT2D eigenvalue weighted by molar-refractivity contribution is 0.0697. The van der Waals surface area contributed by atoms with E-state index in [1.165, 1.54) is 0 Å². The average molecular weight is 290 g/mol. The van der Waals surface area contributed by atoms with Crippen molar-refractivity contribution in [2.24, 2.45) is 0 Å². The van der Waals surface area contributed by atoms with E-state index >= 15 is 0 Å². The normalized spacial score (nSPS) is 14.8. The van der Waals surface area contributed by atoms with Gasteiger partial charge in [0.1, 0.15) is 11.4 Å². The number of pyridine rings is 1. The molecule has 0 aromatic carbocycles. The fraction of sp³-hybridized carbons (Fsp3) is 0.647. The smallest absolute Gasteiger partial charge is 0.339 e. The lowest BCUT2D eigenvalue weighted by atomic mass is 10.0. The summed E-state index contributed by atoms with van der Waals surface area (Å²) in [5.41, 5.74) is 2.51. The van der Waals surface area contributed by atoms with Crippen LogP contribution >= 0.6 is 0 Å². The zero-order valence-corrected chi connectivity index (χ0v) is 13.1. The lowest BCUT2D eigenvalue weighted by Crippen LogP contribution is -2.22. The number of aryl methyl sites for hydroxylation is 2. The number of carboxylic acid groups (broad SMARTS) is 1. The van der Waals surface area contributed by atoms with Gasteiger partial charge in [0.15, 0.2) is 0 Å². The molecule has 1 aromatic rings. The molecule has 1 atom stereocenters. The minimum atomic E-state index is -0.884. The number of unbranched alkanes of at least 4 members (excludes halogenated alkanes) is 1. The molecule has 2 N–H and O–H groups in total. The number of fused-ring (bicyclic) bond motifs is 1. The van der Waals surface area contributed by atoms with E-state index in [-0.39, 0.29) is 0 Å². The quantitative estimate of drug-likeness (QED) is 0.758. The Morgan fingerprint density at radius 1 is 1.33 bits per heavy atom. The average Bonchev–Trinajstić information content (AvgIpc) is 2.91. The van der Waals surface area contributed by atoms with Gasteiger partial charge in [-0.25, -0.2) is 9.78 Å². The number of carbonyl (C=O) groups is 1. The Labute approximate surface area is 127 Å². The van der Waals surface area contributed by atoms with Crippen LogP contribution in [0.3, 0.4) is 0 Å². The zero-order valence-electron chi connectivity index (χ0n) is 13.1. The molecule has 4 heteroatoms. The number of aromatic carboxylic acids is 1. The maximum absolute atomic E-state index is 11.5. The molecule has 116 valence electrons. The van der Waals surface area contributed by atoms with Crippen molar-refractivity contribution in [3.8, 4) is 0 Å². The van der Waals surface area contributed by atoms with Crippen molar-refractivity contribution >= 4 is 11.8 Å². The standard InChI is InChI=1S/C17H26N2O2/c1-3-5-9-13(7-4-2)18-16-14(17(20)21)11-12-8-6-10-15(12)19-16/h11,13H,3-10H2,1-2H3,(H,18,19)(H,20,21). The van der Waals surface area contributed by atoms with Crippen LogP contribution in [0.25, 0.3) is 0 Å². The molecule has 0 saturated heterocycles. The Kier molecular flexibility index (Phi) is 5.59. The fourth-order valence-corrected chi connectivity index (χ4v) is 3.03. The molecule has 1 aromatic heterocycles. The minimum Gasteiger partial charge on any atom is -0.478 e. The topological polar surface area (TPSA) is 62.2 Å². The first-order valence-electron chi connectivity index (χ1n) is 8.18. The number of nitrogens with one attached hydrogen (secondary N) is 1. The van der Waals surface area contributed by atoms with Gasteiger partial charge in [-0.2, -0.15) is 0 Å². The fourth-order valence-electron chi connectivity index (χ4n) is 3.03. The van der Waals surface area contributed by atoms with E-state index in [1.54, 1.807) is 0 Å². The van der Waals surface area contributed by atoms with E-state index in [9.17, 15) is 9.90 Å². The van der Waals surface area contributed by atoms with Gasteiger partial charge < -0.3 is 10.4 Å². The highest BCUT2D eigenvalue weighted by Gasteiger charge is 2.21. The number of anilines is 1. The van der Waals surface area contributed by atoms with Crippen LogP contribution in [0.15, 0.2) is 6.07 Å². The summed E-state index contributed by atoms with van der Waals surface area (Å²) in [6.07, 6.45) is 8.54. The minimum absolute atomic E-state index is 0.319. The van der Waals surface area contributed by atoms with E-state index in [4.69, 9.17) is 0 Å². The molecule has 4 nitrogen and oxygen atoms in total. The van der Waals surface area contributed by atoms with Crippen molar-refractivity contribution in [1.82, 2.24) is 4.98 Å². The summed E-state index contributed by atoms with van der Waals surface area (Å²) in [4.78, 5) is 16.1. The van der Waals surface area contributed by atoms with Gasteiger partial charge in [-0.05, 0) is 43.7 Å². The maximum Gasteiger partial charge on any atom is 0.339 e. The molecule has 1 aliphatic rings. The van der Waals surface area contributed by atoms with Crippen LogP contribution < -0.4 is 5.32 Å². The van der Waals surface area contributed by atoms with Crippen LogP contribution in [0.2, 0.25) is 0 Å². The third-order valence-electron chi connectivity index (χ3n) is 4.17. The van der Waals surface area contributed by atoms with Crippen molar-refractivity contribution in [3.05, 3.63) is 22.9 Å². The molecule has 1 heterocycles. The third kappa shape index (κ3) is 3.96. The highest BCUT2D eigenvalue weighted by molar-refractivity contribution is 5.93. The van der Waals surface area contributed by atoms with Gasteiger partial charge >= 0.3 is 5.97 Å². The van der Waals surface area contributed by atoms with Crippen molar-refractivity contribution in [2.75, 3.05) is 5.32 Å². The Bertz CT molecular complexity index is 500. The van der Waals surface area contributed by atoms with E-state index in [1.807, 2.05) is 6.07 Å². The van der Waals surface area contributed by atoms with Gasteiger partial charge in [0, 0.05) is 11.7 Å². The van der Waals surface area contributed by atoms with Gasteiger partial charge in [0.2, 0.25) is 0 Å². The number of carboxylic acids is 1. The van der Waals surface area contributed by atoms with Crippen LogP contribution in [-0.2, 0) is 12.8 Å². The van der Waals surface area contributed by atoms with Crippen molar-refractivity contribution < 1.29 is 9.90 Å². The SMILES string of the molecule is CCCCC(CCC)Nc1nc2c(cc1C(=O)O)CCC2. The molecule has 2 rings (SSSR count). The highest BCUT2D eigenvalue weighted by Crippen LogP contribution is 2.26. The van der Waals surface area contributed by atoms with E-state index in [2.05, 4.69) is 24.1 Å². The van der Waals surface area contributed by atoms with Crippen LogP contribution in [0, 0.1) is 0 Å². The number of hydrogen-bond acceptors (Lipinski definition) is 3. The monoisotopic (exact) mass is 290 g/mol. The Balaban J connectivity index is 2.22. The zero-order chi connectivity index (χ0) is 15.2. The Hall–Kier alpha value is -1.58. The van der Waals surface area contributed by atoms with Gasteiger partial charge in [0.05, 0.1) is 0 Å². The van der Waals surface area contributed by atoms with E-state index < -0.39 is 5.97 Å². The second kappa shape index (κ2) is 7.43. The Morgan fingerprint density at radius 2 is 2.14 bits per heavy atom. The first-order chi connectivity index (χ1) is 10.2. The predicted octanol–water partition coefficient (Wildman–Crippen LogP) is 4.04. The molecule has 0 amide bonds. The van der Waals surface area contributed by atoms with Gasteiger partial charge in [-0.1, -0.05) is 33.1 Å². The predicted molar refractivity (Wildman–Crippen MR) is 85.1 cm³/mol. The summed E-state index contributed by atoms with van der Waals surface area (Å²) in [5, 5.41) is 12.8. The number of rotatable bonds is 8. The molecule has 0 spiro atoms. The molecule has 0 fully saturated rings. The second-order valence-electron chi connectivity index (χ2n) is 5.92. The molecule has 1 unspecified atom stereocenters. The van der Waals surface area contributed by atoms with Crippen LogP contribution in [0.4, 0.5) is 5.82 Å². The lowest BCUT2D eigenvalue weighted by Gasteiger charge is -2.20. The van der Waals surface area contributed by atoms with Crippen LogP contribution in [0.1, 0.15) is 74.0 Å². The summed E-state index contributed by atoms with van der Waals surface area (Å²) in [6, 6.07) is 2.14. The molecule has 0 radical (unpaired) electrons. The summed E-state index contributed by atoms with van der Waals surface area (Å²) in [5.74, 6) is -0.317. The van der Waals surface area contributed by atoms with Gasteiger partial charge in [-0.15, -0.1) is 0 Å². The summed E-state index contributed by atoms with van der Waals surface area (Å²) < 4.78 is 0. The van der Waals surface area contributed by atoms with Gasteiger partial charge in [0.25, 0.3) is 0 Å². The molecular formula is C17H26N2O2. The molecule has 21 heavy (non-hydrogen) atoms. The summed E-state index contributed by atoms with van der Waals surface area (Å²) in [7, 11) is 0. The number of nitrogens with zero attached hydrogens (tertiary/aromatic N) is 1. The van der Waals surface area contributed by atoms with Crippen molar-refractivity contribution in [3.63, 3.8) is 0 Å². The molecule has 0 bridgehead atoms. The molecule has 0 saturated carbocycles. The third-order valence-corrected chi connectivity index (χ3v) is 4.17. The summed E-state index contributed by atoms with van der Waals surface area (Å²) >= 11 is 0. The van der Waals surface area contributed by atoms with Crippen LogP contribution in [-0.4, -0.2) is 22.1 Å². The van der Waals surface area contributed by atoms with Gasteiger partial charge in [-0.3, -0.25) is 0 Å². The van der Waals surface area contributed by atoms with Crippen molar-refractivity contribution in [1.29, 1.82) is 0 Å². The first-order valence-corrected chi connectivity index (χ1v) is 8.18.